The number of imide groups is 1. The second kappa shape index (κ2) is 4.72. The van der Waals surface area contributed by atoms with E-state index in [1.165, 1.54) is 12.1 Å². The summed E-state index contributed by atoms with van der Waals surface area (Å²) in [6.45, 7) is 0. The van der Waals surface area contributed by atoms with Gasteiger partial charge in [0.05, 0.1) is 10.5 Å². The van der Waals surface area contributed by atoms with Crippen LogP contribution in [0.1, 0.15) is 33.6 Å². The Morgan fingerprint density at radius 2 is 1.91 bits per heavy atom. The number of hydrogen-bond acceptors (Lipinski definition) is 7. The Hall–Kier alpha value is -3.10. The highest BCUT2D eigenvalue weighted by molar-refractivity contribution is 6.24. The maximum Gasteiger partial charge on any atom is 0.337 e. The molecule has 2 aliphatic heterocycles. The first-order chi connectivity index (χ1) is 10.4. The van der Waals surface area contributed by atoms with Crippen molar-refractivity contribution in [2.45, 2.75) is 18.9 Å². The first-order valence-corrected chi connectivity index (χ1v) is 6.31. The molecular formula is C13H8N2O7. The molecule has 1 atom stereocenters. The summed E-state index contributed by atoms with van der Waals surface area (Å²) in [4.78, 5) is 58.3. The summed E-state index contributed by atoms with van der Waals surface area (Å²) in [5.74, 6) is -3.47. The zero-order valence-electron chi connectivity index (χ0n) is 11.0. The van der Waals surface area contributed by atoms with Crippen LogP contribution in [0.5, 0.6) is 0 Å². The Bertz CT molecular complexity index is 755. The number of cyclic esters (lactones) is 2. The number of esters is 2. The Balaban J connectivity index is 2.04. The summed E-state index contributed by atoms with van der Waals surface area (Å²) in [6, 6.07) is 2.43. The molecule has 3 rings (SSSR count). The van der Waals surface area contributed by atoms with E-state index in [2.05, 4.69) is 4.74 Å². The van der Waals surface area contributed by atoms with Crippen LogP contribution in [0.2, 0.25) is 0 Å². The Kier molecular flexibility index (Phi) is 2.98. The van der Waals surface area contributed by atoms with Gasteiger partial charge in [-0.05, 0) is 12.5 Å². The molecule has 2 amide bonds. The number of rotatable bonds is 2. The van der Waals surface area contributed by atoms with E-state index >= 15 is 0 Å². The first kappa shape index (κ1) is 13.9. The van der Waals surface area contributed by atoms with E-state index < -0.39 is 40.4 Å². The molecule has 2 heterocycles. The molecule has 112 valence electrons. The molecule has 9 nitrogen and oxygen atoms in total. The summed E-state index contributed by atoms with van der Waals surface area (Å²) in [6.07, 6.45) is -0.178. The van der Waals surface area contributed by atoms with Crippen molar-refractivity contribution in [2.75, 3.05) is 0 Å². The van der Waals surface area contributed by atoms with E-state index in [9.17, 15) is 29.3 Å². The maximum absolute atomic E-state index is 12.4. The van der Waals surface area contributed by atoms with Gasteiger partial charge in [-0.3, -0.25) is 29.4 Å². The standard InChI is InChI=1S/C13H8N2O7/c16-9-5-4-8(13(19)22-9)14-11(17)6-2-1-3-7(15(20)21)10(6)12(14)18/h1-3,8H,4-5H2/i14+1. The van der Waals surface area contributed by atoms with Crippen molar-refractivity contribution in [3.8, 4) is 0 Å². The van der Waals surface area contributed by atoms with Gasteiger partial charge in [-0.15, -0.1) is 0 Å². The highest BCUT2D eigenvalue weighted by Gasteiger charge is 2.48. The molecule has 2 aliphatic rings. The molecule has 0 radical (unpaired) electrons. The fourth-order valence-electron chi connectivity index (χ4n) is 2.56. The molecule has 0 N–H and O–H groups in total. The van der Waals surface area contributed by atoms with E-state index in [4.69, 9.17) is 0 Å². The van der Waals surface area contributed by atoms with Crippen LogP contribution in [-0.2, 0) is 14.3 Å². The van der Waals surface area contributed by atoms with Crippen LogP contribution < -0.4 is 0 Å². The minimum absolute atomic E-state index is 0.0586. The van der Waals surface area contributed by atoms with Gasteiger partial charge in [0.25, 0.3) is 17.5 Å². The predicted molar refractivity (Wildman–Crippen MR) is 67.7 cm³/mol. The number of nitro benzene ring substituents is 1. The molecule has 1 saturated heterocycles. The van der Waals surface area contributed by atoms with Crippen LogP contribution in [0.15, 0.2) is 18.2 Å². The molecule has 22 heavy (non-hydrogen) atoms. The summed E-state index contributed by atoms with van der Waals surface area (Å²) in [7, 11) is 0. The van der Waals surface area contributed by atoms with E-state index in [-0.39, 0.29) is 24.0 Å². The maximum atomic E-state index is 12.4. The molecule has 1 aromatic carbocycles. The van der Waals surface area contributed by atoms with Crippen molar-refractivity contribution in [1.29, 1.82) is 0 Å². The molecule has 0 saturated carbocycles. The normalized spacial score (nSPS) is 20.9. The lowest BCUT2D eigenvalue weighted by atomic mass is 10.1. The van der Waals surface area contributed by atoms with Gasteiger partial charge >= 0.3 is 11.9 Å². The van der Waals surface area contributed by atoms with Gasteiger partial charge in [-0.2, -0.15) is 0 Å². The number of fused-ring (bicyclic) bond motifs is 1. The molecule has 0 aliphatic carbocycles. The zero-order valence-corrected chi connectivity index (χ0v) is 11.0. The van der Waals surface area contributed by atoms with Gasteiger partial charge in [-0.25, -0.2) is 4.79 Å². The number of hydrogen-bond donors (Lipinski definition) is 0. The monoisotopic (exact) mass is 305 g/mol. The van der Waals surface area contributed by atoms with Gasteiger partial charge < -0.3 is 4.74 Å². The minimum Gasteiger partial charge on any atom is -0.392 e. The average Bonchev–Trinajstić information content (AvgIpc) is 2.72. The van der Waals surface area contributed by atoms with Crippen molar-refractivity contribution >= 4 is 29.4 Å². The van der Waals surface area contributed by atoms with E-state index in [0.29, 0.717) is 4.90 Å². The van der Waals surface area contributed by atoms with Gasteiger partial charge in [-0.1, -0.05) is 6.07 Å². The van der Waals surface area contributed by atoms with Crippen molar-refractivity contribution in [2.24, 2.45) is 0 Å². The van der Waals surface area contributed by atoms with Crippen LogP contribution >= 0.6 is 0 Å². The Morgan fingerprint density at radius 1 is 1.18 bits per heavy atom. The van der Waals surface area contributed by atoms with E-state index in [1.54, 1.807) is 0 Å². The Morgan fingerprint density at radius 3 is 2.55 bits per heavy atom. The third-order valence-corrected chi connectivity index (χ3v) is 3.54. The quantitative estimate of drug-likeness (QED) is 0.194. The van der Waals surface area contributed by atoms with Crippen LogP contribution in [0.3, 0.4) is 0 Å². The van der Waals surface area contributed by atoms with Gasteiger partial charge in [0.15, 0.2) is 0 Å². The smallest absolute Gasteiger partial charge is 0.337 e. The molecule has 9 heteroatoms. The summed E-state index contributed by atoms with van der Waals surface area (Å²) in [5.41, 5.74) is -0.982. The molecular weight excluding hydrogens is 297 g/mol. The lowest BCUT2D eigenvalue weighted by molar-refractivity contribution is -0.385. The van der Waals surface area contributed by atoms with Crippen LogP contribution in [-0.4, -0.2) is 39.6 Å². The lowest BCUT2D eigenvalue weighted by Gasteiger charge is -2.26. The largest absolute Gasteiger partial charge is 0.392 e. The van der Waals surface area contributed by atoms with Gasteiger partial charge in [0, 0.05) is 12.5 Å². The number of nitrogens with zero attached hydrogens (tertiary/aromatic N) is 2. The van der Waals surface area contributed by atoms with Crippen molar-refractivity contribution in [3.63, 3.8) is 0 Å². The topological polar surface area (TPSA) is 124 Å². The van der Waals surface area contributed by atoms with Crippen LogP contribution in [0.25, 0.3) is 0 Å². The predicted octanol–water partition coefficient (Wildman–Crippen LogP) is 0.423. The molecule has 0 bridgehead atoms. The summed E-state index contributed by atoms with van der Waals surface area (Å²) in [5, 5.41) is 11.0. The number of carbonyl (C=O) groups excluding carboxylic acids is 4. The van der Waals surface area contributed by atoms with Crippen molar-refractivity contribution < 1.29 is 28.8 Å². The molecule has 0 spiro atoms. The van der Waals surface area contributed by atoms with Gasteiger partial charge in [0.2, 0.25) is 0 Å². The number of carbonyl (C=O) groups is 4. The molecule has 1 fully saturated rings. The summed E-state index contributed by atoms with van der Waals surface area (Å²) >= 11 is 0. The van der Waals surface area contributed by atoms with E-state index in [0.717, 1.165) is 6.07 Å². The summed E-state index contributed by atoms with van der Waals surface area (Å²) < 4.78 is 4.43. The first-order valence-electron chi connectivity index (χ1n) is 6.31. The fourth-order valence-corrected chi connectivity index (χ4v) is 2.56. The Labute approximate surface area is 122 Å². The van der Waals surface area contributed by atoms with Crippen LogP contribution in [0, 0.1) is 10.1 Å². The van der Waals surface area contributed by atoms with Crippen molar-refractivity contribution in [3.05, 3.63) is 39.4 Å². The number of nitro groups is 1. The molecule has 1 aromatic rings. The van der Waals surface area contributed by atoms with Crippen molar-refractivity contribution in [1.82, 2.24) is 4.90 Å². The lowest BCUT2D eigenvalue weighted by Crippen LogP contribution is -2.48. The van der Waals surface area contributed by atoms with E-state index in [1.807, 2.05) is 0 Å². The number of benzene rings is 1. The zero-order chi connectivity index (χ0) is 16.0. The highest BCUT2D eigenvalue weighted by Crippen LogP contribution is 2.33. The second-order valence-electron chi connectivity index (χ2n) is 4.78. The van der Waals surface area contributed by atoms with Gasteiger partial charge in [0.1, 0.15) is 11.6 Å². The molecule has 1 unspecified atom stereocenters. The molecule has 0 aromatic heterocycles. The minimum atomic E-state index is -1.25. The second-order valence-corrected chi connectivity index (χ2v) is 4.78. The van der Waals surface area contributed by atoms with Crippen LogP contribution in [0.4, 0.5) is 5.69 Å². The average molecular weight is 305 g/mol. The number of ether oxygens (including phenoxy) is 1. The fraction of sp³-hybridized carbons (Fsp3) is 0.231. The highest BCUT2D eigenvalue weighted by atomic mass is 16.6. The third kappa shape index (κ3) is 1.86. The third-order valence-electron chi connectivity index (χ3n) is 3.54. The number of amides is 2. The SMILES string of the molecule is O=C1CCC([15N]2C(=O)c3cccc([N+](=O)[O-])c3C2=O)C(=O)O1.